The van der Waals surface area contributed by atoms with E-state index < -0.39 is 17.7 Å². The molecule has 20 heavy (non-hydrogen) atoms. The second kappa shape index (κ2) is 5.77. The first-order chi connectivity index (χ1) is 9.54. The fraction of sp³-hybridized carbons (Fsp3) is 0.267. The molecule has 0 saturated heterocycles. The molecule has 0 radical (unpaired) electrons. The van der Waals surface area contributed by atoms with Gasteiger partial charge in [0.1, 0.15) is 11.7 Å². The topological polar surface area (TPSA) is 57.2 Å². The molecule has 0 saturated carbocycles. The summed E-state index contributed by atoms with van der Waals surface area (Å²) in [6.45, 7) is 1.97. The molecule has 1 aromatic carbocycles. The minimum atomic E-state index is -0.796. The summed E-state index contributed by atoms with van der Waals surface area (Å²) in [4.78, 5) is 12.2. The minimum absolute atomic E-state index is 0.246. The van der Waals surface area contributed by atoms with Crippen LogP contribution in [0.3, 0.4) is 0 Å². The Morgan fingerprint density at radius 1 is 1.45 bits per heavy atom. The summed E-state index contributed by atoms with van der Waals surface area (Å²) in [5.41, 5.74) is 6.81. The van der Waals surface area contributed by atoms with Gasteiger partial charge in [-0.3, -0.25) is 4.79 Å². The molecule has 0 fully saturated rings. The maximum atomic E-state index is 14.1. The van der Waals surface area contributed by atoms with Gasteiger partial charge in [-0.15, -0.1) is 0 Å². The van der Waals surface area contributed by atoms with Crippen molar-refractivity contribution in [1.82, 2.24) is 4.57 Å². The van der Waals surface area contributed by atoms with Gasteiger partial charge in [-0.05, 0) is 31.2 Å². The summed E-state index contributed by atoms with van der Waals surface area (Å²) in [6, 6.07) is 7.89. The number of benzene rings is 1. The summed E-state index contributed by atoms with van der Waals surface area (Å²) < 4.78 is 21.0. The van der Waals surface area contributed by atoms with Crippen molar-refractivity contribution >= 4 is 11.7 Å². The largest absolute Gasteiger partial charge is 0.465 e. The van der Waals surface area contributed by atoms with Gasteiger partial charge in [0.25, 0.3) is 0 Å². The van der Waals surface area contributed by atoms with Crippen molar-refractivity contribution in [2.75, 3.05) is 12.3 Å². The van der Waals surface area contributed by atoms with E-state index in [0.717, 1.165) is 0 Å². The third kappa shape index (κ3) is 2.66. The van der Waals surface area contributed by atoms with Gasteiger partial charge in [-0.25, -0.2) is 4.39 Å². The number of nitrogen functional groups attached to an aromatic ring is 1. The molecule has 1 aromatic heterocycles. The van der Waals surface area contributed by atoms with Crippen LogP contribution in [0.15, 0.2) is 36.5 Å². The second-order valence-corrected chi connectivity index (χ2v) is 4.51. The van der Waals surface area contributed by atoms with Crippen molar-refractivity contribution in [1.29, 1.82) is 0 Å². The highest BCUT2D eigenvalue weighted by molar-refractivity contribution is 5.82. The van der Waals surface area contributed by atoms with Crippen LogP contribution in [0.5, 0.6) is 0 Å². The Morgan fingerprint density at radius 2 is 2.20 bits per heavy atom. The number of hydrogen-bond donors (Lipinski definition) is 1. The zero-order valence-corrected chi connectivity index (χ0v) is 11.5. The fourth-order valence-corrected chi connectivity index (χ4v) is 2.18. The molecule has 0 aliphatic heterocycles. The predicted octanol–water partition coefficient (Wildman–Crippen LogP) is 2.44. The number of rotatable bonds is 4. The van der Waals surface area contributed by atoms with E-state index >= 15 is 0 Å². The first kappa shape index (κ1) is 14.1. The van der Waals surface area contributed by atoms with Gasteiger partial charge in [-0.1, -0.05) is 6.07 Å². The van der Waals surface area contributed by atoms with Crippen molar-refractivity contribution in [2.24, 2.45) is 7.05 Å². The summed E-state index contributed by atoms with van der Waals surface area (Å²) in [5, 5.41) is 0. The molecular formula is C15H17FN2O2. The van der Waals surface area contributed by atoms with Gasteiger partial charge in [0, 0.05) is 30.2 Å². The maximum absolute atomic E-state index is 14.1. The van der Waals surface area contributed by atoms with Crippen LogP contribution in [-0.2, 0) is 16.6 Å². The molecule has 0 aliphatic rings. The molecular weight excluding hydrogens is 259 g/mol. The third-order valence-electron chi connectivity index (χ3n) is 3.14. The fourth-order valence-electron chi connectivity index (χ4n) is 2.18. The van der Waals surface area contributed by atoms with Crippen LogP contribution in [0.2, 0.25) is 0 Å². The van der Waals surface area contributed by atoms with Crippen LogP contribution in [0, 0.1) is 5.82 Å². The molecule has 106 valence electrons. The highest BCUT2D eigenvalue weighted by atomic mass is 19.1. The monoisotopic (exact) mass is 276 g/mol. The second-order valence-electron chi connectivity index (χ2n) is 4.51. The molecule has 0 amide bonds. The summed E-state index contributed by atoms with van der Waals surface area (Å²) in [6.07, 6.45) is 1.80. The van der Waals surface area contributed by atoms with Crippen molar-refractivity contribution in [2.45, 2.75) is 12.8 Å². The zero-order valence-electron chi connectivity index (χ0n) is 11.5. The van der Waals surface area contributed by atoms with Crippen molar-refractivity contribution in [3.8, 4) is 0 Å². The molecule has 0 bridgehead atoms. The van der Waals surface area contributed by atoms with Crippen molar-refractivity contribution < 1.29 is 13.9 Å². The summed E-state index contributed by atoms with van der Waals surface area (Å²) >= 11 is 0. The zero-order chi connectivity index (χ0) is 14.7. The molecule has 0 aliphatic carbocycles. The molecule has 0 spiro atoms. The summed E-state index contributed by atoms with van der Waals surface area (Å²) in [5.74, 6) is -1.78. The van der Waals surface area contributed by atoms with Crippen LogP contribution in [0.4, 0.5) is 10.1 Å². The molecule has 4 nitrogen and oxygen atoms in total. The van der Waals surface area contributed by atoms with Crippen molar-refractivity contribution in [3.05, 3.63) is 53.6 Å². The first-order valence-electron chi connectivity index (χ1n) is 6.37. The number of ether oxygens (including phenoxy) is 1. The molecule has 5 heteroatoms. The Hall–Kier alpha value is -2.30. The van der Waals surface area contributed by atoms with Gasteiger partial charge in [0.2, 0.25) is 0 Å². The SMILES string of the molecule is CCOC(=O)C(c1ccc(N)cc1F)c1cccn1C. The van der Waals surface area contributed by atoms with E-state index in [0.29, 0.717) is 11.4 Å². The Balaban J connectivity index is 2.52. The lowest BCUT2D eigenvalue weighted by Crippen LogP contribution is -2.20. The van der Waals surface area contributed by atoms with Crippen LogP contribution < -0.4 is 5.73 Å². The van der Waals surface area contributed by atoms with E-state index in [1.165, 1.54) is 12.1 Å². The van der Waals surface area contributed by atoms with E-state index in [1.807, 2.05) is 0 Å². The lowest BCUT2D eigenvalue weighted by Gasteiger charge is -2.18. The van der Waals surface area contributed by atoms with Gasteiger partial charge >= 0.3 is 5.97 Å². The average Bonchev–Trinajstić information content (AvgIpc) is 2.79. The minimum Gasteiger partial charge on any atom is -0.465 e. The number of nitrogens with two attached hydrogens (primary N) is 1. The van der Waals surface area contributed by atoms with E-state index in [2.05, 4.69) is 0 Å². The number of anilines is 1. The van der Waals surface area contributed by atoms with Gasteiger partial charge in [-0.2, -0.15) is 0 Å². The molecule has 1 heterocycles. The van der Waals surface area contributed by atoms with Gasteiger partial charge < -0.3 is 15.0 Å². The number of carbonyl (C=O) groups is 1. The Bertz CT molecular complexity index is 622. The number of nitrogens with zero attached hydrogens (tertiary/aromatic N) is 1. The number of esters is 1. The van der Waals surface area contributed by atoms with E-state index in [9.17, 15) is 9.18 Å². The lowest BCUT2D eigenvalue weighted by atomic mass is 9.95. The standard InChI is InChI=1S/C15H17FN2O2/c1-3-20-15(19)14(13-5-4-8-18(13)2)11-7-6-10(17)9-12(11)16/h4-9,14H,3,17H2,1-2H3. The Labute approximate surface area is 117 Å². The molecule has 2 N–H and O–H groups in total. The Morgan fingerprint density at radius 3 is 2.75 bits per heavy atom. The van der Waals surface area contributed by atoms with Crippen LogP contribution >= 0.6 is 0 Å². The number of halogens is 1. The van der Waals surface area contributed by atoms with Crippen LogP contribution in [-0.4, -0.2) is 17.1 Å². The number of aryl methyl sites for hydroxylation is 1. The highest BCUT2D eigenvalue weighted by Crippen LogP contribution is 2.29. The predicted molar refractivity (Wildman–Crippen MR) is 74.7 cm³/mol. The number of aromatic nitrogens is 1. The molecule has 2 aromatic rings. The maximum Gasteiger partial charge on any atom is 0.319 e. The lowest BCUT2D eigenvalue weighted by molar-refractivity contribution is -0.144. The van der Waals surface area contributed by atoms with Crippen molar-refractivity contribution in [3.63, 3.8) is 0 Å². The quantitative estimate of drug-likeness (QED) is 0.689. The van der Waals surface area contributed by atoms with Gasteiger partial charge in [0.05, 0.1) is 6.61 Å². The number of carbonyl (C=O) groups excluding carboxylic acids is 1. The average molecular weight is 276 g/mol. The smallest absolute Gasteiger partial charge is 0.319 e. The third-order valence-corrected chi connectivity index (χ3v) is 3.14. The van der Waals surface area contributed by atoms with Crippen LogP contribution in [0.1, 0.15) is 24.1 Å². The molecule has 1 unspecified atom stereocenters. The molecule has 1 atom stereocenters. The van der Waals surface area contributed by atoms with Gasteiger partial charge in [0.15, 0.2) is 0 Å². The van der Waals surface area contributed by atoms with E-state index in [4.69, 9.17) is 10.5 Å². The van der Waals surface area contributed by atoms with E-state index in [-0.39, 0.29) is 12.2 Å². The van der Waals surface area contributed by atoms with Crippen LogP contribution in [0.25, 0.3) is 0 Å². The highest BCUT2D eigenvalue weighted by Gasteiger charge is 2.28. The first-order valence-corrected chi connectivity index (χ1v) is 6.37. The molecule has 2 rings (SSSR count). The summed E-state index contributed by atoms with van der Waals surface area (Å²) in [7, 11) is 1.80. The van der Waals surface area contributed by atoms with E-state index in [1.54, 1.807) is 42.9 Å². The Kier molecular flexibility index (Phi) is 4.08. The number of hydrogen-bond acceptors (Lipinski definition) is 3. The normalized spacial score (nSPS) is 12.2.